The molecule has 3 nitrogen and oxygen atoms in total. The van der Waals surface area contributed by atoms with Gasteiger partial charge in [-0.05, 0) is 54.9 Å². The minimum atomic E-state index is -0.474. The van der Waals surface area contributed by atoms with E-state index < -0.39 is 6.10 Å². The molecular weight excluding hydrogens is 260 g/mol. The number of methoxy groups -OCH3 is 2. The number of aliphatic hydroxyl groups excluding tert-OH is 1. The fourth-order valence-corrected chi connectivity index (χ4v) is 3.73. The van der Waals surface area contributed by atoms with Gasteiger partial charge in [-0.1, -0.05) is 0 Å². The number of hydrogen-bond acceptors (Lipinski definition) is 4. The first kappa shape index (κ1) is 14.5. The van der Waals surface area contributed by atoms with E-state index >= 15 is 0 Å². The van der Waals surface area contributed by atoms with Crippen molar-refractivity contribution in [3.63, 3.8) is 0 Å². The summed E-state index contributed by atoms with van der Waals surface area (Å²) in [6.45, 7) is 0. The van der Waals surface area contributed by atoms with Crippen LogP contribution in [-0.2, 0) is 0 Å². The highest BCUT2D eigenvalue weighted by molar-refractivity contribution is 7.99. The number of hydrogen-bond donors (Lipinski definition) is 1. The van der Waals surface area contributed by atoms with E-state index in [1.807, 2.05) is 30.0 Å². The zero-order valence-corrected chi connectivity index (χ0v) is 12.4. The van der Waals surface area contributed by atoms with Gasteiger partial charge >= 0.3 is 0 Å². The van der Waals surface area contributed by atoms with Crippen LogP contribution in [0.2, 0.25) is 0 Å². The first-order valence-electron chi connectivity index (χ1n) is 6.72. The molecule has 1 aromatic rings. The summed E-state index contributed by atoms with van der Waals surface area (Å²) in [4.78, 5) is 0. The van der Waals surface area contributed by atoms with Gasteiger partial charge in [-0.15, -0.1) is 0 Å². The van der Waals surface area contributed by atoms with Crippen LogP contribution < -0.4 is 9.47 Å². The molecule has 0 saturated carbocycles. The molecule has 106 valence electrons. The molecule has 0 aliphatic carbocycles. The Kier molecular flexibility index (Phi) is 5.40. The molecule has 1 aromatic carbocycles. The standard InChI is InChI=1S/C15H22O3S/c1-17-12-3-4-15(18-2)13(10-12)14(16)9-11-5-7-19-8-6-11/h3-4,10-11,14,16H,5-9H2,1-2H3. The molecule has 0 amide bonds. The molecule has 0 radical (unpaired) electrons. The molecule has 19 heavy (non-hydrogen) atoms. The summed E-state index contributed by atoms with van der Waals surface area (Å²) in [6.07, 6.45) is 2.74. The summed E-state index contributed by atoms with van der Waals surface area (Å²) >= 11 is 2.01. The van der Waals surface area contributed by atoms with E-state index in [4.69, 9.17) is 9.47 Å². The van der Waals surface area contributed by atoms with Crippen LogP contribution in [0.3, 0.4) is 0 Å². The van der Waals surface area contributed by atoms with Crippen LogP contribution in [0.15, 0.2) is 18.2 Å². The van der Waals surface area contributed by atoms with Crippen molar-refractivity contribution in [3.8, 4) is 11.5 Å². The Morgan fingerprint density at radius 1 is 1.26 bits per heavy atom. The number of aliphatic hydroxyl groups is 1. The summed E-state index contributed by atoms with van der Waals surface area (Å²) in [5.41, 5.74) is 0.833. The zero-order chi connectivity index (χ0) is 13.7. The predicted octanol–water partition coefficient (Wildman–Crippen LogP) is 3.27. The van der Waals surface area contributed by atoms with Crippen LogP contribution in [0.4, 0.5) is 0 Å². The highest BCUT2D eigenvalue weighted by atomic mass is 32.2. The van der Waals surface area contributed by atoms with Crippen molar-refractivity contribution in [2.75, 3.05) is 25.7 Å². The Hall–Kier alpha value is -0.870. The third-order valence-electron chi connectivity index (χ3n) is 3.69. The molecule has 1 atom stereocenters. The number of thioether (sulfide) groups is 1. The van der Waals surface area contributed by atoms with Crippen molar-refractivity contribution < 1.29 is 14.6 Å². The molecule has 1 aliphatic rings. The molecule has 4 heteroatoms. The second kappa shape index (κ2) is 7.06. The van der Waals surface area contributed by atoms with Crippen LogP contribution in [0, 0.1) is 5.92 Å². The van der Waals surface area contributed by atoms with Gasteiger partial charge in [0.05, 0.1) is 20.3 Å². The maximum atomic E-state index is 10.5. The van der Waals surface area contributed by atoms with E-state index in [1.165, 1.54) is 24.3 Å². The molecule has 1 unspecified atom stereocenters. The minimum Gasteiger partial charge on any atom is -0.497 e. The van der Waals surface area contributed by atoms with E-state index in [-0.39, 0.29) is 0 Å². The number of benzene rings is 1. The molecule has 1 heterocycles. The maximum Gasteiger partial charge on any atom is 0.124 e. The largest absolute Gasteiger partial charge is 0.497 e. The molecule has 0 bridgehead atoms. The van der Waals surface area contributed by atoms with E-state index in [0.29, 0.717) is 5.92 Å². The number of rotatable bonds is 5. The third-order valence-corrected chi connectivity index (χ3v) is 4.74. The minimum absolute atomic E-state index is 0.474. The van der Waals surface area contributed by atoms with Gasteiger partial charge in [0, 0.05) is 5.56 Å². The van der Waals surface area contributed by atoms with Crippen molar-refractivity contribution in [1.29, 1.82) is 0 Å². The van der Waals surface area contributed by atoms with Gasteiger partial charge < -0.3 is 14.6 Å². The monoisotopic (exact) mass is 282 g/mol. The Morgan fingerprint density at radius 2 is 2.00 bits per heavy atom. The van der Waals surface area contributed by atoms with Gasteiger partial charge in [0.15, 0.2) is 0 Å². The summed E-state index contributed by atoms with van der Waals surface area (Å²) in [7, 11) is 3.27. The fraction of sp³-hybridized carbons (Fsp3) is 0.600. The molecular formula is C15H22O3S. The smallest absolute Gasteiger partial charge is 0.124 e. The van der Waals surface area contributed by atoms with Gasteiger partial charge in [0.1, 0.15) is 11.5 Å². The maximum absolute atomic E-state index is 10.5. The Balaban J connectivity index is 2.09. The van der Waals surface area contributed by atoms with E-state index in [9.17, 15) is 5.11 Å². The first-order valence-corrected chi connectivity index (χ1v) is 7.87. The van der Waals surface area contributed by atoms with Crippen molar-refractivity contribution in [3.05, 3.63) is 23.8 Å². The predicted molar refractivity (Wildman–Crippen MR) is 79.2 cm³/mol. The van der Waals surface area contributed by atoms with E-state index in [1.54, 1.807) is 14.2 Å². The highest BCUT2D eigenvalue weighted by Gasteiger charge is 2.21. The fourth-order valence-electron chi connectivity index (χ4n) is 2.52. The normalized spacial score (nSPS) is 18.1. The third kappa shape index (κ3) is 3.80. The van der Waals surface area contributed by atoms with Crippen LogP contribution in [0.1, 0.15) is 30.9 Å². The SMILES string of the molecule is COc1ccc(OC)c(C(O)CC2CCSCC2)c1. The molecule has 0 aromatic heterocycles. The molecule has 1 saturated heterocycles. The second-order valence-corrected chi connectivity index (χ2v) is 6.14. The van der Waals surface area contributed by atoms with Crippen LogP contribution in [-0.4, -0.2) is 30.8 Å². The summed E-state index contributed by atoms with van der Waals surface area (Å²) < 4.78 is 10.6. The second-order valence-electron chi connectivity index (χ2n) is 4.92. The molecule has 1 N–H and O–H groups in total. The quantitative estimate of drug-likeness (QED) is 0.899. The van der Waals surface area contributed by atoms with E-state index in [0.717, 1.165) is 23.5 Å². The van der Waals surface area contributed by atoms with Crippen molar-refractivity contribution in [2.45, 2.75) is 25.4 Å². The Bertz CT molecular complexity index is 402. The Morgan fingerprint density at radius 3 is 2.63 bits per heavy atom. The summed E-state index contributed by atoms with van der Waals surface area (Å²) in [6, 6.07) is 5.58. The summed E-state index contributed by atoms with van der Waals surface area (Å²) in [5.74, 6) is 4.54. The topological polar surface area (TPSA) is 38.7 Å². The van der Waals surface area contributed by atoms with E-state index in [2.05, 4.69) is 0 Å². The first-order chi connectivity index (χ1) is 9.24. The highest BCUT2D eigenvalue weighted by Crippen LogP contribution is 2.35. The van der Waals surface area contributed by atoms with Crippen molar-refractivity contribution in [1.82, 2.24) is 0 Å². The molecule has 1 aliphatic heterocycles. The van der Waals surface area contributed by atoms with Gasteiger partial charge in [0.2, 0.25) is 0 Å². The van der Waals surface area contributed by atoms with Crippen molar-refractivity contribution >= 4 is 11.8 Å². The van der Waals surface area contributed by atoms with Crippen LogP contribution in [0.25, 0.3) is 0 Å². The van der Waals surface area contributed by atoms with Gasteiger partial charge in [-0.2, -0.15) is 11.8 Å². The molecule has 1 fully saturated rings. The molecule has 2 rings (SSSR count). The van der Waals surface area contributed by atoms with Crippen LogP contribution >= 0.6 is 11.8 Å². The van der Waals surface area contributed by atoms with Gasteiger partial charge in [-0.3, -0.25) is 0 Å². The lowest BCUT2D eigenvalue weighted by Crippen LogP contribution is -2.14. The molecule has 0 spiro atoms. The number of ether oxygens (including phenoxy) is 2. The van der Waals surface area contributed by atoms with Gasteiger partial charge in [0.25, 0.3) is 0 Å². The van der Waals surface area contributed by atoms with Gasteiger partial charge in [-0.25, -0.2) is 0 Å². The zero-order valence-electron chi connectivity index (χ0n) is 11.6. The average molecular weight is 282 g/mol. The lowest BCUT2D eigenvalue weighted by atomic mass is 9.92. The average Bonchev–Trinajstić information content (AvgIpc) is 2.47. The lowest BCUT2D eigenvalue weighted by Gasteiger charge is -2.24. The van der Waals surface area contributed by atoms with Crippen molar-refractivity contribution in [2.24, 2.45) is 5.92 Å². The summed E-state index contributed by atoms with van der Waals surface area (Å²) in [5, 5.41) is 10.5. The lowest BCUT2D eigenvalue weighted by molar-refractivity contribution is 0.137. The Labute approximate surface area is 119 Å². The van der Waals surface area contributed by atoms with Crippen LogP contribution in [0.5, 0.6) is 11.5 Å².